The van der Waals surface area contributed by atoms with Crippen LogP contribution < -0.4 is 10.1 Å². The lowest BCUT2D eigenvalue weighted by atomic mass is 10.2. The van der Waals surface area contributed by atoms with Gasteiger partial charge in [0.15, 0.2) is 0 Å². The fraction of sp³-hybridized carbons (Fsp3) is 0.133. The van der Waals surface area contributed by atoms with Crippen molar-refractivity contribution in [3.05, 3.63) is 64.4 Å². The number of hydrogen-bond acceptors (Lipinski definition) is 2. The Labute approximate surface area is 124 Å². The maximum absolute atomic E-state index is 13.4. The Bertz CT molecular complexity index is 604. The summed E-state index contributed by atoms with van der Waals surface area (Å²) in [7, 11) is 0. The maximum Gasteiger partial charge on any atom is 0.254 e. The SMILES string of the molecule is O=C(NCCOc1cccc(Br)c1)c1ccccc1F. The first-order valence-electron chi connectivity index (χ1n) is 6.08. The summed E-state index contributed by atoms with van der Waals surface area (Å²) in [6, 6.07) is 13.3. The molecular formula is C15H13BrFNO2. The molecule has 0 spiro atoms. The van der Waals surface area contributed by atoms with Gasteiger partial charge >= 0.3 is 0 Å². The van der Waals surface area contributed by atoms with Gasteiger partial charge in [-0.2, -0.15) is 0 Å². The molecule has 5 heteroatoms. The van der Waals surface area contributed by atoms with E-state index in [-0.39, 0.29) is 5.56 Å². The summed E-state index contributed by atoms with van der Waals surface area (Å²) in [5.41, 5.74) is 0.0370. The summed E-state index contributed by atoms with van der Waals surface area (Å²) in [6.45, 7) is 0.621. The normalized spacial score (nSPS) is 10.1. The zero-order valence-electron chi connectivity index (χ0n) is 10.6. The van der Waals surface area contributed by atoms with Crippen molar-refractivity contribution < 1.29 is 13.9 Å². The number of hydrogen-bond donors (Lipinski definition) is 1. The van der Waals surface area contributed by atoms with Crippen LogP contribution in [0, 0.1) is 5.82 Å². The molecule has 20 heavy (non-hydrogen) atoms. The van der Waals surface area contributed by atoms with Crippen molar-refractivity contribution in [3.8, 4) is 5.75 Å². The summed E-state index contributed by atoms with van der Waals surface area (Å²) >= 11 is 3.34. The third-order valence-electron chi connectivity index (χ3n) is 2.57. The summed E-state index contributed by atoms with van der Waals surface area (Å²) in [4.78, 5) is 11.7. The second kappa shape index (κ2) is 7.05. The first-order valence-corrected chi connectivity index (χ1v) is 6.87. The van der Waals surface area contributed by atoms with E-state index < -0.39 is 11.7 Å². The fourth-order valence-corrected chi connectivity index (χ4v) is 2.01. The van der Waals surface area contributed by atoms with Crippen LogP contribution in [0.1, 0.15) is 10.4 Å². The van der Waals surface area contributed by atoms with Crippen molar-refractivity contribution in [2.24, 2.45) is 0 Å². The molecule has 0 aromatic heterocycles. The van der Waals surface area contributed by atoms with Crippen LogP contribution in [0.25, 0.3) is 0 Å². The minimum atomic E-state index is -0.530. The molecule has 2 rings (SSSR count). The van der Waals surface area contributed by atoms with Gasteiger partial charge in [-0.1, -0.05) is 34.1 Å². The van der Waals surface area contributed by atoms with E-state index in [4.69, 9.17) is 4.74 Å². The topological polar surface area (TPSA) is 38.3 Å². The van der Waals surface area contributed by atoms with Crippen LogP contribution >= 0.6 is 15.9 Å². The van der Waals surface area contributed by atoms with Gasteiger partial charge in [-0.25, -0.2) is 4.39 Å². The molecule has 2 aromatic carbocycles. The number of carbonyl (C=O) groups is 1. The molecular weight excluding hydrogens is 325 g/mol. The van der Waals surface area contributed by atoms with E-state index in [9.17, 15) is 9.18 Å². The van der Waals surface area contributed by atoms with Crippen LogP contribution in [0.15, 0.2) is 53.0 Å². The number of amides is 1. The predicted molar refractivity (Wildman–Crippen MR) is 78.4 cm³/mol. The summed E-state index contributed by atoms with van der Waals surface area (Å²) < 4.78 is 19.7. The number of carbonyl (C=O) groups excluding carboxylic acids is 1. The highest BCUT2D eigenvalue weighted by Crippen LogP contribution is 2.17. The standard InChI is InChI=1S/C15H13BrFNO2/c16-11-4-3-5-12(10-11)20-9-8-18-15(19)13-6-1-2-7-14(13)17/h1-7,10H,8-9H2,(H,18,19). The van der Waals surface area contributed by atoms with Crippen molar-refractivity contribution in [1.29, 1.82) is 0 Å². The highest BCUT2D eigenvalue weighted by Gasteiger charge is 2.09. The molecule has 1 amide bonds. The Morgan fingerprint density at radius 2 is 2.00 bits per heavy atom. The van der Waals surface area contributed by atoms with Gasteiger partial charge in [0.2, 0.25) is 0 Å². The highest BCUT2D eigenvalue weighted by molar-refractivity contribution is 9.10. The molecule has 0 atom stereocenters. The number of nitrogens with one attached hydrogen (secondary N) is 1. The zero-order valence-corrected chi connectivity index (χ0v) is 12.2. The van der Waals surface area contributed by atoms with Crippen LogP contribution in [-0.4, -0.2) is 19.1 Å². The molecule has 0 aliphatic carbocycles. The molecule has 0 bridgehead atoms. The Morgan fingerprint density at radius 3 is 2.75 bits per heavy atom. The van der Waals surface area contributed by atoms with E-state index in [1.54, 1.807) is 12.1 Å². The molecule has 0 saturated carbocycles. The average Bonchev–Trinajstić information content (AvgIpc) is 2.44. The summed E-state index contributed by atoms with van der Waals surface area (Å²) in [6.07, 6.45) is 0. The second-order valence-corrected chi connectivity index (χ2v) is 4.96. The van der Waals surface area contributed by atoms with Gasteiger partial charge in [-0.05, 0) is 30.3 Å². The minimum absolute atomic E-state index is 0.0370. The largest absolute Gasteiger partial charge is 0.492 e. The van der Waals surface area contributed by atoms with Crippen molar-refractivity contribution in [2.75, 3.05) is 13.2 Å². The number of halogens is 2. The smallest absolute Gasteiger partial charge is 0.254 e. The molecule has 0 saturated heterocycles. The number of rotatable bonds is 5. The van der Waals surface area contributed by atoms with Gasteiger partial charge in [0.25, 0.3) is 5.91 Å². The molecule has 0 heterocycles. The lowest BCUT2D eigenvalue weighted by Crippen LogP contribution is -2.28. The van der Waals surface area contributed by atoms with E-state index >= 15 is 0 Å². The molecule has 0 aliphatic rings. The van der Waals surface area contributed by atoms with Gasteiger partial charge in [-0.15, -0.1) is 0 Å². The summed E-state index contributed by atoms with van der Waals surface area (Å²) in [5.74, 6) is -0.265. The van der Waals surface area contributed by atoms with Crippen molar-refractivity contribution in [3.63, 3.8) is 0 Å². The molecule has 2 aromatic rings. The Kier molecular flexibility index (Phi) is 5.12. The molecule has 1 N–H and O–H groups in total. The van der Waals surface area contributed by atoms with Crippen molar-refractivity contribution >= 4 is 21.8 Å². The first kappa shape index (κ1) is 14.5. The van der Waals surface area contributed by atoms with Gasteiger partial charge in [0.1, 0.15) is 18.2 Å². The molecule has 0 radical (unpaired) electrons. The van der Waals surface area contributed by atoms with E-state index in [0.717, 1.165) is 4.47 Å². The maximum atomic E-state index is 13.4. The lowest BCUT2D eigenvalue weighted by Gasteiger charge is -2.08. The van der Waals surface area contributed by atoms with Gasteiger partial charge < -0.3 is 10.1 Å². The Balaban J connectivity index is 1.79. The molecule has 0 aliphatic heterocycles. The van der Waals surface area contributed by atoms with Gasteiger partial charge in [0.05, 0.1) is 12.1 Å². The van der Waals surface area contributed by atoms with Crippen LogP contribution in [0.4, 0.5) is 4.39 Å². The fourth-order valence-electron chi connectivity index (χ4n) is 1.63. The van der Waals surface area contributed by atoms with Crippen molar-refractivity contribution in [1.82, 2.24) is 5.32 Å². The highest BCUT2D eigenvalue weighted by atomic mass is 79.9. The molecule has 3 nitrogen and oxygen atoms in total. The van der Waals surface area contributed by atoms with E-state index in [1.807, 2.05) is 24.3 Å². The summed E-state index contributed by atoms with van der Waals surface area (Å²) in [5, 5.41) is 2.61. The average molecular weight is 338 g/mol. The quantitative estimate of drug-likeness (QED) is 0.849. The van der Waals surface area contributed by atoms with Crippen LogP contribution in [-0.2, 0) is 0 Å². The zero-order chi connectivity index (χ0) is 14.4. The van der Waals surface area contributed by atoms with Gasteiger partial charge in [-0.3, -0.25) is 4.79 Å². The lowest BCUT2D eigenvalue weighted by molar-refractivity contribution is 0.0943. The minimum Gasteiger partial charge on any atom is -0.492 e. The Hall–Kier alpha value is -1.88. The molecule has 0 unspecified atom stereocenters. The van der Waals surface area contributed by atoms with Crippen LogP contribution in [0.2, 0.25) is 0 Å². The predicted octanol–water partition coefficient (Wildman–Crippen LogP) is 3.40. The van der Waals surface area contributed by atoms with Crippen molar-refractivity contribution in [2.45, 2.75) is 0 Å². The number of benzene rings is 2. The third-order valence-corrected chi connectivity index (χ3v) is 3.06. The third kappa shape index (κ3) is 4.06. The monoisotopic (exact) mass is 337 g/mol. The van der Waals surface area contributed by atoms with E-state index in [2.05, 4.69) is 21.2 Å². The molecule has 104 valence electrons. The van der Waals surface area contributed by atoms with Crippen LogP contribution in [0.3, 0.4) is 0 Å². The molecule has 0 fully saturated rings. The second-order valence-electron chi connectivity index (χ2n) is 4.04. The Morgan fingerprint density at radius 1 is 1.20 bits per heavy atom. The number of ether oxygens (including phenoxy) is 1. The first-order chi connectivity index (χ1) is 9.66. The van der Waals surface area contributed by atoms with E-state index in [1.165, 1.54) is 12.1 Å². The van der Waals surface area contributed by atoms with Gasteiger partial charge in [0, 0.05) is 4.47 Å². The van der Waals surface area contributed by atoms with E-state index in [0.29, 0.717) is 18.9 Å². The van der Waals surface area contributed by atoms with Crippen LogP contribution in [0.5, 0.6) is 5.75 Å².